The summed E-state index contributed by atoms with van der Waals surface area (Å²) in [6.07, 6.45) is 1.04. The van der Waals surface area contributed by atoms with E-state index in [0.717, 1.165) is 23.0 Å². The molecule has 0 radical (unpaired) electrons. The second-order valence-corrected chi connectivity index (χ2v) is 4.94. The summed E-state index contributed by atoms with van der Waals surface area (Å²) in [6, 6.07) is 13.1. The van der Waals surface area contributed by atoms with Gasteiger partial charge in [0.05, 0.1) is 26.0 Å². The van der Waals surface area contributed by atoms with Crippen molar-refractivity contribution in [1.29, 1.82) is 0 Å². The maximum absolute atomic E-state index is 11.7. The topological polar surface area (TPSA) is 77.5 Å². The first-order valence-corrected chi connectivity index (χ1v) is 7.22. The predicted octanol–water partition coefficient (Wildman–Crippen LogP) is 2.70. The summed E-state index contributed by atoms with van der Waals surface area (Å²) in [7, 11) is 2.47. The number of pyridine rings is 1. The summed E-state index contributed by atoms with van der Waals surface area (Å²) >= 11 is 0. The number of nitrogens with zero attached hydrogens (tertiary/aromatic N) is 1. The number of hydrogen-bond acceptors (Lipinski definition) is 6. The van der Waals surface area contributed by atoms with Crippen molar-refractivity contribution in [2.24, 2.45) is 0 Å². The van der Waals surface area contributed by atoms with Gasteiger partial charge in [0.1, 0.15) is 5.70 Å². The maximum Gasteiger partial charge on any atom is 0.354 e. The van der Waals surface area contributed by atoms with Gasteiger partial charge in [0, 0.05) is 16.9 Å². The Labute approximate surface area is 140 Å². The van der Waals surface area contributed by atoms with E-state index in [9.17, 15) is 9.59 Å². The predicted molar refractivity (Wildman–Crippen MR) is 90.1 cm³/mol. The van der Waals surface area contributed by atoms with Crippen LogP contribution in [-0.2, 0) is 19.1 Å². The summed E-state index contributed by atoms with van der Waals surface area (Å²) in [5.41, 5.74) is 3.36. The van der Waals surface area contributed by atoms with Gasteiger partial charge in [-0.15, -0.1) is 0 Å². The zero-order valence-electron chi connectivity index (χ0n) is 13.7. The highest BCUT2D eigenvalue weighted by Gasteiger charge is 2.12. The maximum atomic E-state index is 11.7. The second-order valence-electron chi connectivity index (χ2n) is 4.94. The lowest BCUT2D eigenvalue weighted by molar-refractivity contribution is -0.138. The molecule has 2 rings (SSSR count). The molecule has 1 heterocycles. The third-order valence-corrected chi connectivity index (χ3v) is 3.22. The van der Waals surface area contributed by atoms with Crippen LogP contribution >= 0.6 is 0 Å². The van der Waals surface area contributed by atoms with Crippen LogP contribution in [0.15, 0.2) is 54.2 Å². The summed E-state index contributed by atoms with van der Waals surface area (Å²) in [6.45, 7) is 1.93. The minimum atomic E-state index is -0.662. The molecule has 0 aliphatic carbocycles. The van der Waals surface area contributed by atoms with Crippen LogP contribution in [0.4, 0.5) is 5.69 Å². The fourth-order valence-corrected chi connectivity index (χ4v) is 2.02. The van der Waals surface area contributed by atoms with E-state index >= 15 is 0 Å². The molecule has 24 heavy (non-hydrogen) atoms. The van der Waals surface area contributed by atoms with E-state index in [1.165, 1.54) is 14.2 Å². The van der Waals surface area contributed by atoms with E-state index in [0.29, 0.717) is 5.69 Å². The molecular weight excluding hydrogens is 308 g/mol. The lowest BCUT2D eigenvalue weighted by Crippen LogP contribution is -2.15. The average molecular weight is 326 g/mol. The van der Waals surface area contributed by atoms with E-state index in [1.54, 1.807) is 12.1 Å². The molecule has 1 aromatic heterocycles. The minimum absolute atomic E-state index is 0.00854. The molecule has 0 atom stereocenters. The van der Waals surface area contributed by atoms with Crippen molar-refractivity contribution < 1.29 is 19.1 Å². The Kier molecular flexibility index (Phi) is 5.68. The molecule has 0 fully saturated rings. The van der Waals surface area contributed by atoms with Gasteiger partial charge in [-0.1, -0.05) is 18.2 Å². The van der Waals surface area contributed by atoms with Crippen LogP contribution < -0.4 is 5.32 Å². The standard InChI is InChI=1S/C18H18N2O4/c1-12-5-4-6-15(19-12)13-7-9-14(10-8-13)20-16(18(22)24-3)11-17(21)23-2/h4-11,20H,1-3H3/b16-11+. The van der Waals surface area contributed by atoms with Crippen LogP contribution in [0.1, 0.15) is 5.69 Å². The normalized spacial score (nSPS) is 10.9. The molecule has 1 N–H and O–H groups in total. The van der Waals surface area contributed by atoms with Gasteiger partial charge in [-0.25, -0.2) is 9.59 Å². The number of carbonyl (C=O) groups excluding carboxylic acids is 2. The molecule has 2 aromatic rings. The van der Waals surface area contributed by atoms with Crippen molar-refractivity contribution in [2.45, 2.75) is 6.92 Å². The van der Waals surface area contributed by atoms with Crippen LogP contribution in [0.3, 0.4) is 0 Å². The van der Waals surface area contributed by atoms with Gasteiger partial charge >= 0.3 is 11.9 Å². The number of hydrogen-bond donors (Lipinski definition) is 1. The van der Waals surface area contributed by atoms with Crippen molar-refractivity contribution in [3.63, 3.8) is 0 Å². The first-order chi connectivity index (χ1) is 11.5. The Balaban J connectivity index is 2.21. The Morgan fingerprint density at radius 3 is 2.33 bits per heavy atom. The average Bonchev–Trinajstić information content (AvgIpc) is 2.61. The van der Waals surface area contributed by atoms with E-state index in [2.05, 4.69) is 19.8 Å². The van der Waals surface area contributed by atoms with Gasteiger partial charge in [-0.2, -0.15) is 0 Å². The fourth-order valence-electron chi connectivity index (χ4n) is 2.02. The van der Waals surface area contributed by atoms with Gasteiger partial charge in [0.2, 0.25) is 0 Å². The number of aryl methyl sites for hydroxylation is 1. The monoisotopic (exact) mass is 326 g/mol. The molecule has 124 valence electrons. The SMILES string of the molecule is COC(=O)/C=C(/Nc1ccc(-c2cccc(C)n2)cc1)C(=O)OC. The minimum Gasteiger partial charge on any atom is -0.466 e. The van der Waals surface area contributed by atoms with Crippen molar-refractivity contribution >= 4 is 17.6 Å². The summed E-state index contributed by atoms with van der Waals surface area (Å²) < 4.78 is 9.18. The summed E-state index contributed by atoms with van der Waals surface area (Å²) in [4.78, 5) is 27.5. The van der Waals surface area contributed by atoms with Crippen molar-refractivity contribution in [3.05, 3.63) is 59.9 Å². The number of esters is 2. The third-order valence-electron chi connectivity index (χ3n) is 3.22. The molecule has 0 saturated carbocycles. The number of nitrogens with one attached hydrogen (secondary N) is 1. The summed E-state index contributed by atoms with van der Waals surface area (Å²) in [5, 5.41) is 2.85. The molecule has 1 aromatic carbocycles. The smallest absolute Gasteiger partial charge is 0.354 e. The zero-order valence-corrected chi connectivity index (χ0v) is 13.7. The van der Waals surface area contributed by atoms with E-state index in [1.807, 2.05) is 37.3 Å². The third kappa shape index (κ3) is 4.42. The fraction of sp³-hybridized carbons (Fsp3) is 0.167. The van der Waals surface area contributed by atoms with Gasteiger partial charge in [-0.3, -0.25) is 4.98 Å². The molecule has 6 heteroatoms. The molecule has 6 nitrogen and oxygen atoms in total. The van der Waals surface area contributed by atoms with Crippen molar-refractivity contribution in [2.75, 3.05) is 19.5 Å². The van der Waals surface area contributed by atoms with Crippen LogP contribution in [-0.4, -0.2) is 31.1 Å². The van der Waals surface area contributed by atoms with Crippen LogP contribution in [0.5, 0.6) is 0 Å². The second kappa shape index (κ2) is 7.92. The van der Waals surface area contributed by atoms with Crippen LogP contribution in [0.25, 0.3) is 11.3 Å². The van der Waals surface area contributed by atoms with Gasteiger partial charge in [-0.05, 0) is 31.2 Å². The lowest BCUT2D eigenvalue weighted by atomic mass is 10.1. The number of aromatic nitrogens is 1. The molecule has 0 aliphatic heterocycles. The Morgan fingerprint density at radius 2 is 1.75 bits per heavy atom. The summed E-state index contributed by atoms with van der Waals surface area (Å²) in [5.74, 6) is -1.31. The number of anilines is 1. The van der Waals surface area contributed by atoms with E-state index in [4.69, 9.17) is 0 Å². The molecular formula is C18H18N2O4. The van der Waals surface area contributed by atoms with Gasteiger partial charge < -0.3 is 14.8 Å². The molecule has 0 spiro atoms. The lowest BCUT2D eigenvalue weighted by Gasteiger charge is -2.10. The van der Waals surface area contributed by atoms with E-state index in [-0.39, 0.29) is 5.70 Å². The molecule has 0 unspecified atom stereocenters. The Bertz CT molecular complexity index is 767. The largest absolute Gasteiger partial charge is 0.466 e. The van der Waals surface area contributed by atoms with Crippen molar-refractivity contribution in [3.8, 4) is 11.3 Å². The van der Waals surface area contributed by atoms with Gasteiger partial charge in [0.25, 0.3) is 0 Å². The zero-order chi connectivity index (χ0) is 17.5. The highest BCUT2D eigenvalue weighted by molar-refractivity contribution is 5.98. The van der Waals surface area contributed by atoms with Gasteiger partial charge in [0.15, 0.2) is 0 Å². The Morgan fingerprint density at radius 1 is 1.04 bits per heavy atom. The van der Waals surface area contributed by atoms with Crippen LogP contribution in [0.2, 0.25) is 0 Å². The quantitative estimate of drug-likeness (QED) is 0.672. The number of carbonyl (C=O) groups is 2. The highest BCUT2D eigenvalue weighted by Crippen LogP contribution is 2.20. The first-order valence-electron chi connectivity index (χ1n) is 7.22. The molecule has 0 amide bonds. The number of benzene rings is 1. The van der Waals surface area contributed by atoms with Crippen LogP contribution in [0, 0.1) is 6.92 Å². The van der Waals surface area contributed by atoms with Crippen molar-refractivity contribution in [1.82, 2.24) is 4.98 Å². The molecule has 0 bridgehead atoms. The number of methoxy groups -OCH3 is 2. The first kappa shape index (κ1) is 17.2. The Hall–Kier alpha value is -3.15. The number of ether oxygens (including phenoxy) is 2. The molecule has 0 saturated heterocycles. The van der Waals surface area contributed by atoms with E-state index < -0.39 is 11.9 Å². The number of rotatable bonds is 5. The highest BCUT2D eigenvalue weighted by atomic mass is 16.5. The molecule has 0 aliphatic rings.